The van der Waals surface area contributed by atoms with E-state index in [1.807, 2.05) is 18.2 Å². The second-order valence-electron chi connectivity index (χ2n) is 7.97. The first-order valence-corrected chi connectivity index (χ1v) is 11.4. The lowest BCUT2D eigenvalue weighted by Crippen LogP contribution is -2.40. The van der Waals surface area contributed by atoms with Crippen molar-refractivity contribution in [2.45, 2.75) is 19.4 Å². The monoisotopic (exact) mass is 466 g/mol. The van der Waals surface area contributed by atoms with Gasteiger partial charge in [-0.15, -0.1) is 0 Å². The fourth-order valence-electron chi connectivity index (χ4n) is 4.16. The number of nitrogens with one attached hydrogen (secondary N) is 1. The number of fused-ring (bicyclic) bond motifs is 1. The zero-order chi connectivity index (χ0) is 22.9. The van der Waals surface area contributed by atoms with E-state index >= 15 is 0 Å². The lowest BCUT2D eigenvalue weighted by Gasteiger charge is -2.28. The molecule has 1 saturated heterocycles. The Hall–Kier alpha value is -3.66. The number of furan rings is 1. The Morgan fingerprint density at radius 1 is 1.30 bits per heavy atom. The van der Waals surface area contributed by atoms with Crippen molar-refractivity contribution in [3.63, 3.8) is 0 Å². The van der Waals surface area contributed by atoms with Crippen molar-refractivity contribution >= 4 is 39.9 Å². The summed E-state index contributed by atoms with van der Waals surface area (Å²) in [6.07, 6.45) is 3.61. The van der Waals surface area contributed by atoms with Gasteiger partial charge in [-0.05, 0) is 18.2 Å². The van der Waals surface area contributed by atoms with Gasteiger partial charge >= 0.3 is 0 Å². The van der Waals surface area contributed by atoms with Crippen LogP contribution in [-0.2, 0) is 22.6 Å². The molecule has 2 aliphatic rings. The van der Waals surface area contributed by atoms with E-state index in [1.165, 1.54) is 23.9 Å². The number of carbonyl (C=O) groups excluding carboxylic acids is 3. The van der Waals surface area contributed by atoms with Crippen LogP contribution in [0.1, 0.15) is 27.3 Å². The quantitative estimate of drug-likeness (QED) is 0.620. The fourth-order valence-corrected chi connectivity index (χ4v) is 5.18. The highest BCUT2D eigenvalue weighted by Crippen LogP contribution is 2.32. The Balaban J connectivity index is 1.24. The maximum Gasteiger partial charge on any atom is 0.260 e. The van der Waals surface area contributed by atoms with Gasteiger partial charge in [-0.25, -0.2) is 4.98 Å². The third-order valence-electron chi connectivity index (χ3n) is 5.89. The van der Waals surface area contributed by atoms with Crippen LogP contribution in [0.15, 0.2) is 47.3 Å². The van der Waals surface area contributed by atoms with E-state index in [2.05, 4.69) is 10.3 Å². The van der Waals surface area contributed by atoms with Crippen LogP contribution in [0.5, 0.6) is 5.75 Å². The van der Waals surface area contributed by atoms with E-state index in [1.54, 1.807) is 29.0 Å². The second-order valence-corrected chi connectivity index (χ2v) is 9.06. The minimum absolute atomic E-state index is 0.0308. The molecule has 1 N–H and O–H groups in total. The first kappa shape index (κ1) is 21.2. The average molecular weight is 467 g/mol. The van der Waals surface area contributed by atoms with Crippen LogP contribution in [0.3, 0.4) is 0 Å². The highest BCUT2D eigenvalue weighted by molar-refractivity contribution is 7.15. The Morgan fingerprint density at radius 3 is 2.97 bits per heavy atom. The van der Waals surface area contributed by atoms with Crippen molar-refractivity contribution in [2.75, 3.05) is 30.4 Å². The zero-order valence-electron chi connectivity index (χ0n) is 17.9. The van der Waals surface area contributed by atoms with E-state index in [9.17, 15) is 14.4 Å². The molecule has 3 amide bonds. The molecule has 1 fully saturated rings. The molecule has 3 aromatic rings. The van der Waals surface area contributed by atoms with Crippen molar-refractivity contribution < 1.29 is 23.5 Å². The first-order chi connectivity index (χ1) is 16.0. The number of nitrogens with zero attached hydrogens (tertiary/aromatic N) is 3. The largest absolute Gasteiger partial charge is 0.497 e. The number of carbonyl (C=O) groups is 3. The van der Waals surface area contributed by atoms with E-state index < -0.39 is 5.92 Å². The summed E-state index contributed by atoms with van der Waals surface area (Å²) in [5, 5.41) is 3.28. The molecular weight excluding hydrogens is 444 g/mol. The van der Waals surface area contributed by atoms with Gasteiger partial charge in [-0.1, -0.05) is 17.4 Å². The first-order valence-electron chi connectivity index (χ1n) is 10.6. The molecule has 2 aliphatic heterocycles. The predicted molar refractivity (Wildman–Crippen MR) is 121 cm³/mol. The Labute approximate surface area is 194 Å². The lowest BCUT2D eigenvalue weighted by atomic mass is 10.1. The lowest BCUT2D eigenvalue weighted by molar-refractivity contribution is -0.136. The van der Waals surface area contributed by atoms with Gasteiger partial charge in [0.05, 0.1) is 37.1 Å². The Morgan fingerprint density at radius 2 is 2.18 bits per heavy atom. The van der Waals surface area contributed by atoms with E-state index in [0.29, 0.717) is 42.5 Å². The van der Waals surface area contributed by atoms with Gasteiger partial charge in [0.25, 0.3) is 5.91 Å². The molecule has 0 bridgehead atoms. The maximum absolute atomic E-state index is 13.2. The molecule has 1 atom stereocenters. The van der Waals surface area contributed by atoms with E-state index in [-0.39, 0.29) is 24.1 Å². The smallest absolute Gasteiger partial charge is 0.260 e. The SMILES string of the molecule is COc1cccc(N2CC(C(=O)N3CCc4nc(NC(=O)c5ccoc5)sc4C3)CC2=O)c1. The topological polar surface area (TPSA) is 105 Å². The number of hydrogen-bond donors (Lipinski definition) is 1. The normalized spacial score (nSPS) is 17.7. The van der Waals surface area contributed by atoms with E-state index in [0.717, 1.165) is 16.3 Å². The number of rotatable bonds is 5. The molecular formula is C23H22N4O5S. The van der Waals surface area contributed by atoms with Crippen molar-refractivity contribution in [3.05, 3.63) is 59.0 Å². The maximum atomic E-state index is 13.2. The molecule has 0 radical (unpaired) electrons. The number of benzene rings is 1. The van der Waals surface area contributed by atoms with Crippen LogP contribution in [0.25, 0.3) is 0 Å². The molecule has 9 nitrogen and oxygen atoms in total. The summed E-state index contributed by atoms with van der Waals surface area (Å²) in [6, 6.07) is 8.88. The molecule has 1 unspecified atom stereocenters. The Kier molecular flexibility index (Phi) is 5.59. The molecule has 2 aromatic heterocycles. The van der Waals surface area contributed by atoms with Crippen LogP contribution in [0.2, 0.25) is 0 Å². The highest BCUT2D eigenvalue weighted by atomic mass is 32.1. The van der Waals surface area contributed by atoms with Crippen LogP contribution >= 0.6 is 11.3 Å². The molecule has 4 heterocycles. The summed E-state index contributed by atoms with van der Waals surface area (Å²) in [5.41, 5.74) is 2.05. The number of aromatic nitrogens is 1. The van der Waals surface area contributed by atoms with Gasteiger partial charge in [0, 0.05) is 42.6 Å². The fraction of sp³-hybridized carbons (Fsp3) is 0.304. The number of amides is 3. The number of ether oxygens (including phenoxy) is 1. The van der Waals surface area contributed by atoms with Gasteiger partial charge in [0.1, 0.15) is 12.0 Å². The minimum atomic E-state index is -0.390. The number of hydrogen-bond acceptors (Lipinski definition) is 7. The van der Waals surface area contributed by atoms with Crippen molar-refractivity contribution in [3.8, 4) is 5.75 Å². The number of anilines is 2. The summed E-state index contributed by atoms with van der Waals surface area (Å²) >= 11 is 1.37. The number of thiazole rings is 1. The number of methoxy groups -OCH3 is 1. The van der Waals surface area contributed by atoms with Gasteiger partial charge in [0.2, 0.25) is 11.8 Å². The third kappa shape index (κ3) is 4.21. The molecule has 170 valence electrons. The molecule has 0 saturated carbocycles. The molecule has 0 aliphatic carbocycles. The summed E-state index contributed by atoms with van der Waals surface area (Å²) in [6.45, 7) is 1.31. The molecule has 0 spiro atoms. The minimum Gasteiger partial charge on any atom is -0.497 e. The van der Waals surface area contributed by atoms with Gasteiger partial charge in [0.15, 0.2) is 5.13 Å². The van der Waals surface area contributed by atoms with Crippen LogP contribution in [-0.4, -0.2) is 47.8 Å². The summed E-state index contributed by atoms with van der Waals surface area (Å²) in [4.78, 5) is 47.0. The second kappa shape index (κ2) is 8.70. The summed E-state index contributed by atoms with van der Waals surface area (Å²) in [7, 11) is 1.58. The zero-order valence-corrected chi connectivity index (χ0v) is 18.8. The van der Waals surface area contributed by atoms with Gasteiger partial charge in [-0.3, -0.25) is 19.7 Å². The summed E-state index contributed by atoms with van der Waals surface area (Å²) < 4.78 is 10.2. The molecule has 1 aromatic carbocycles. The van der Waals surface area contributed by atoms with Gasteiger partial charge < -0.3 is 19.0 Å². The van der Waals surface area contributed by atoms with Crippen LogP contribution in [0, 0.1) is 5.92 Å². The standard InChI is InChI=1S/C23H22N4O5S/c1-31-17-4-2-3-16(10-17)27-11-15(9-20(27)28)22(30)26-7-5-18-19(12-26)33-23(24-18)25-21(29)14-6-8-32-13-14/h2-4,6,8,10,13,15H,5,7,9,11-12H2,1H3,(H,24,25,29). The summed E-state index contributed by atoms with van der Waals surface area (Å²) in [5.74, 6) is -0.110. The van der Waals surface area contributed by atoms with Crippen molar-refractivity contribution in [2.24, 2.45) is 5.92 Å². The average Bonchev–Trinajstić information content (AvgIpc) is 3.57. The molecule has 10 heteroatoms. The van der Waals surface area contributed by atoms with E-state index in [4.69, 9.17) is 9.15 Å². The molecule has 33 heavy (non-hydrogen) atoms. The third-order valence-corrected chi connectivity index (χ3v) is 6.88. The van der Waals surface area contributed by atoms with Crippen LogP contribution < -0.4 is 15.0 Å². The molecule has 5 rings (SSSR count). The predicted octanol–water partition coefficient (Wildman–Crippen LogP) is 2.93. The van der Waals surface area contributed by atoms with Gasteiger partial charge in [-0.2, -0.15) is 0 Å². The van der Waals surface area contributed by atoms with Crippen LogP contribution in [0.4, 0.5) is 10.8 Å². The van der Waals surface area contributed by atoms with Crippen molar-refractivity contribution in [1.29, 1.82) is 0 Å². The highest BCUT2D eigenvalue weighted by Gasteiger charge is 2.38. The Bertz CT molecular complexity index is 1210. The van der Waals surface area contributed by atoms with Crippen molar-refractivity contribution in [1.82, 2.24) is 9.88 Å².